The van der Waals surface area contributed by atoms with Crippen LogP contribution in [0, 0.1) is 0 Å². The zero-order chi connectivity index (χ0) is 9.94. The van der Waals surface area contributed by atoms with E-state index in [2.05, 4.69) is 0 Å². The van der Waals surface area contributed by atoms with Crippen LogP contribution in [0.2, 0.25) is 0 Å². The highest BCUT2D eigenvalue weighted by Crippen LogP contribution is 2.08. The molecule has 0 aromatic heterocycles. The van der Waals surface area contributed by atoms with Crippen LogP contribution in [0.1, 0.15) is 25.7 Å². The van der Waals surface area contributed by atoms with Crippen LogP contribution in [0.4, 0.5) is 0 Å². The molecule has 4 heteroatoms. The molecule has 0 rings (SSSR count). The Morgan fingerprint density at radius 3 is 2.31 bits per heavy atom. The summed E-state index contributed by atoms with van der Waals surface area (Å²) in [4.78, 5) is 0. The van der Waals surface area contributed by atoms with Crippen LogP contribution in [0.5, 0.6) is 0 Å². The van der Waals surface area contributed by atoms with Crippen molar-refractivity contribution in [2.24, 2.45) is 0 Å². The lowest BCUT2D eigenvalue weighted by molar-refractivity contribution is 0.113. The number of thioether (sulfide) groups is 1. The normalized spacial score (nSPS) is 13.2. The Hall–Kier alpha value is 0.230. The second-order valence-corrected chi connectivity index (χ2v) is 4.20. The van der Waals surface area contributed by atoms with Gasteiger partial charge in [-0.2, -0.15) is 11.8 Å². The lowest BCUT2D eigenvalue weighted by atomic mass is 10.2. The Balaban J connectivity index is 2.91. The largest absolute Gasteiger partial charge is 0.396 e. The first-order valence-corrected chi connectivity index (χ1v) is 5.94. The molecule has 0 aromatic rings. The highest BCUT2D eigenvalue weighted by Gasteiger charge is 2.00. The minimum absolute atomic E-state index is 0.141. The van der Waals surface area contributed by atoms with Crippen molar-refractivity contribution >= 4 is 11.8 Å². The topological polar surface area (TPSA) is 60.7 Å². The number of hydrogen-bond acceptors (Lipinski definition) is 4. The third-order valence-corrected chi connectivity index (χ3v) is 2.92. The fraction of sp³-hybridized carbons (Fsp3) is 1.00. The minimum atomic E-state index is -0.567. The minimum Gasteiger partial charge on any atom is -0.396 e. The van der Waals surface area contributed by atoms with Gasteiger partial charge in [-0.1, -0.05) is 12.8 Å². The first-order chi connectivity index (χ1) is 6.31. The van der Waals surface area contributed by atoms with Crippen LogP contribution in [-0.4, -0.2) is 46.1 Å². The van der Waals surface area contributed by atoms with Crippen molar-refractivity contribution in [1.82, 2.24) is 0 Å². The monoisotopic (exact) mass is 208 g/mol. The molecule has 1 unspecified atom stereocenters. The van der Waals surface area contributed by atoms with E-state index >= 15 is 0 Å². The predicted molar refractivity (Wildman–Crippen MR) is 56.0 cm³/mol. The first kappa shape index (κ1) is 13.2. The van der Waals surface area contributed by atoms with Gasteiger partial charge < -0.3 is 15.3 Å². The van der Waals surface area contributed by atoms with Crippen molar-refractivity contribution in [2.75, 3.05) is 24.7 Å². The molecule has 0 aromatic carbocycles. The van der Waals surface area contributed by atoms with E-state index in [4.69, 9.17) is 15.3 Å². The third kappa shape index (κ3) is 10.1. The maximum absolute atomic E-state index is 8.99. The van der Waals surface area contributed by atoms with Crippen molar-refractivity contribution < 1.29 is 15.3 Å². The van der Waals surface area contributed by atoms with Crippen LogP contribution in [0.25, 0.3) is 0 Å². The predicted octanol–water partition coefficient (Wildman–Crippen LogP) is 0.625. The number of hydrogen-bond donors (Lipinski definition) is 3. The van der Waals surface area contributed by atoms with E-state index in [0.29, 0.717) is 5.75 Å². The highest BCUT2D eigenvalue weighted by atomic mass is 32.2. The van der Waals surface area contributed by atoms with E-state index in [1.807, 2.05) is 0 Å². The maximum atomic E-state index is 8.99. The molecule has 3 N–H and O–H groups in total. The SMILES string of the molecule is OCCCCCCSCC(O)CO. The van der Waals surface area contributed by atoms with Crippen molar-refractivity contribution in [3.05, 3.63) is 0 Å². The highest BCUT2D eigenvalue weighted by molar-refractivity contribution is 7.99. The molecule has 0 heterocycles. The molecule has 13 heavy (non-hydrogen) atoms. The number of unbranched alkanes of at least 4 members (excludes halogenated alkanes) is 3. The van der Waals surface area contributed by atoms with Crippen LogP contribution in [-0.2, 0) is 0 Å². The molecule has 0 radical (unpaired) electrons. The zero-order valence-corrected chi connectivity index (χ0v) is 8.80. The van der Waals surface area contributed by atoms with Gasteiger partial charge in [0.15, 0.2) is 0 Å². The van der Waals surface area contributed by atoms with Gasteiger partial charge in [-0.05, 0) is 18.6 Å². The van der Waals surface area contributed by atoms with E-state index in [1.165, 1.54) is 0 Å². The molecule has 0 aliphatic carbocycles. The molecule has 0 fully saturated rings. The van der Waals surface area contributed by atoms with Gasteiger partial charge in [0.2, 0.25) is 0 Å². The molecular weight excluding hydrogens is 188 g/mol. The van der Waals surface area contributed by atoms with Crippen molar-refractivity contribution in [3.63, 3.8) is 0 Å². The zero-order valence-electron chi connectivity index (χ0n) is 7.98. The quantitative estimate of drug-likeness (QED) is 0.486. The third-order valence-electron chi connectivity index (χ3n) is 1.72. The number of rotatable bonds is 9. The van der Waals surface area contributed by atoms with E-state index in [-0.39, 0.29) is 13.2 Å². The lowest BCUT2D eigenvalue weighted by Crippen LogP contribution is -2.14. The molecule has 0 amide bonds. The Labute approximate surface area is 84.2 Å². The van der Waals surface area contributed by atoms with Gasteiger partial charge >= 0.3 is 0 Å². The molecule has 0 aliphatic rings. The molecule has 1 atom stereocenters. The van der Waals surface area contributed by atoms with E-state index in [1.54, 1.807) is 11.8 Å². The van der Waals surface area contributed by atoms with Gasteiger partial charge in [-0.3, -0.25) is 0 Å². The second kappa shape index (κ2) is 10.3. The van der Waals surface area contributed by atoms with Crippen LogP contribution in [0.3, 0.4) is 0 Å². The van der Waals surface area contributed by atoms with Crippen molar-refractivity contribution in [1.29, 1.82) is 0 Å². The summed E-state index contributed by atoms with van der Waals surface area (Å²) >= 11 is 1.67. The summed E-state index contributed by atoms with van der Waals surface area (Å²) in [5.74, 6) is 1.65. The Kier molecular flexibility index (Phi) is 10.5. The summed E-state index contributed by atoms with van der Waals surface area (Å²) in [6.45, 7) is 0.147. The summed E-state index contributed by atoms with van der Waals surface area (Å²) < 4.78 is 0. The average molecular weight is 208 g/mol. The smallest absolute Gasteiger partial charge is 0.0861 e. The Morgan fingerprint density at radius 1 is 1.00 bits per heavy atom. The van der Waals surface area contributed by atoms with Crippen LogP contribution >= 0.6 is 11.8 Å². The fourth-order valence-electron chi connectivity index (χ4n) is 0.942. The van der Waals surface area contributed by atoms with Crippen LogP contribution in [0.15, 0.2) is 0 Å². The van der Waals surface area contributed by atoms with Crippen molar-refractivity contribution in [3.8, 4) is 0 Å². The van der Waals surface area contributed by atoms with Gasteiger partial charge in [0.05, 0.1) is 12.7 Å². The summed E-state index contributed by atoms with van der Waals surface area (Å²) in [6, 6.07) is 0. The Bertz CT molecular complexity index is 101. The lowest BCUT2D eigenvalue weighted by Gasteiger charge is -2.05. The molecule has 3 nitrogen and oxygen atoms in total. The summed E-state index contributed by atoms with van der Waals surface area (Å²) in [7, 11) is 0. The second-order valence-electron chi connectivity index (χ2n) is 3.05. The summed E-state index contributed by atoms with van der Waals surface area (Å²) in [6.07, 6.45) is 3.68. The summed E-state index contributed by atoms with van der Waals surface area (Å²) in [5.41, 5.74) is 0. The van der Waals surface area contributed by atoms with Crippen LogP contribution < -0.4 is 0 Å². The van der Waals surface area contributed by atoms with Gasteiger partial charge in [0.25, 0.3) is 0 Å². The van der Waals surface area contributed by atoms with Gasteiger partial charge in [0, 0.05) is 12.4 Å². The average Bonchev–Trinajstić information content (AvgIpc) is 2.16. The van der Waals surface area contributed by atoms with Gasteiger partial charge in [-0.25, -0.2) is 0 Å². The Morgan fingerprint density at radius 2 is 1.69 bits per heavy atom. The van der Waals surface area contributed by atoms with E-state index in [0.717, 1.165) is 31.4 Å². The molecular formula is C9H20O3S. The molecule has 0 saturated heterocycles. The van der Waals surface area contributed by atoms with Gasteiger partial charge in [0.1, 0.15) is 0 Å². The van der Waals surface area contributed by atoms with E-state index < -0.39 is 6.10 Å². The number of aliphatic hydroxyl groups excluding tert-OH is 3. The number of aliphatic hydroxyl groups is 3. The molecule has 0 spiro atoms. The molecule has 0 bridgehead atoms. The molecule has 80 valence electrons. The fourth-order valence-corrected chi connectivity index (χ4v) is 1.89. The maximum Gasteiger partial charge on any atom is 0.0861 e. The van der Waals surface area contributed by atoms with E-state index in [9.17, 15) is 0 Å². The molecule has 0 aliphatic heterocycles. The first-order valence-electron chi connectivity index (χ1n) is 4.78. The van der Waals surface area contributed by atoms with Crippen molar-refractivity contribution in [2.45, 2.75) is 31.8 Å². The standard InChI is InChI=1S/C9H20O3S/c10-5-3-1-2-4-6-13-8-9(12)7-11/h9-12H,1-8H2. The summed E-state index contributed by atoms with van der Waals surface area (Å²) in [5, 5.41) is 26.0. The van der Waals surface area contributed by atoms with Gasteiger partial charge in [-0.15, -0.1) is 0 Å². The molecule has 0 saturated carbocycles.